The van der Waals surface area contributed by atoms with Crippen molar-refractivity contribution in [2.75, 3.05) is 5.33 Å². The minimum Gasteiger partial charge on any atom is -0.460 e. The number of halogens is 1. The summed E-state index contributed by atoms with van der Waals surface area (Å²) in [7, 11) is 0. The molecule has 2 rings (SSSR count). The monoisotopic (exact) mass is 492 g/mol. The van der Waals surface area contributed by atoms with Gasteiger partial charge in [-0.3, -0.25) is 4.79 Å². The Morgan fingerprint density at radius 1 is 1.26 bits per heavy atom. The quantitative estimate of drug-likeness (QED) is 0.326. The molecule has 0 aliphatic carbocycles. The number of aromatic nitrogens is 2. The van der Waals surface area contributed by atoms with Crippen molar-refractivity contribution in [1.29, 1.82) is 0 Å². The lowest BCUT2D eigenvalue weighted by atomic mass is 9.83. The Bertz CT molecular complexity index is 910. The van der Waals surface area contributed by atoms with Gasteiger partial charge in [0.25, 0.3) is 0 Å². The van der Waals surface area contributed by atoms with Crippen molar-refractivity contribution in [2.24, 2.45) is 11.8 Å². The molecule has 1 heterocycles. The van der Waals surface area contributed by atoms with Crippen LogP contribution in [0.5, 0.6) is 0 Å². The first-order valence-electron chi connectivity index (χ1n) is 10.7. The van der Waals surface area contributed by atoms with Gasteiger partial charge in [0.15, 0.2) is 0 Å². The molecule has 0 saturated heterocycles. The van der Waals surface area contributed by atoms with Gasteiger partial charge in [-0.1, -0.05) is 72.3 Å². The second-order valence-electron chi connectivity index (χ2n) is 9.04. The van der Waals surface area contributed by atoms with Crippen LogP contribution < -0.4 is 5.76 Å². The average molecular weight is 493 g/mol. The number of alkyl halides is 1. The third-order valence-corrected chi connectivity index (χ3v) is 5.01. The van der Waals surface area contributed by atoms with Crippen molar-refractivity contribution in [2.45, 2.75) is 65.5 Å². The van der Waals surface area contributed by atoms with E-state index in [0.29, 0.717) is 30.6 Å². The Morgan fingerprint density at radius 2 is 1.94 bits per heavy atom. The summed E-state index contributed by atoms with van der Waals surface area (Å²) in [5.74, 6) is -1.13. The maximum absolute atomic E-state index is 13.2. The summed E-state index contributed by atoms with van der Waals surface area (Å²) in [4.78, 5) is 25.4. The first-order valence-corrected chi connectivity index (χ1v) is 11.8. The minimum absolute atomic E-state index is 0.277. The van der Waals surface area contributed by atoms with E-state index in [1.807, 2.05) is 63.3 Å². The molecular weight excluding hydrogens is 460 g/mol. The summed E-state index contributed by atoms with van der Waals surface area (Å²) < 4.78 is 12.5. The van der Waals surface area contributed by atoms with E-state index in [0.717, 1.165) is 5.56 Å². The summed E-state index contributed by atoms with van der Waals surface area (Å²) >= 11 is 3.32. The first kappa shape index (κ1) is 25.1. The zero-order valence-corrected chi connectivity index (χ0v) is 20.6. The van der Waals surface area contributed by atoms with Crippen LogP contribution in [0.25, 0.3) is 6.08 Å². The molecule has 0 amide bonds. The predicted octanol–water partition coefficient (Wildman–Crippen LogP) is 5.42. The second-order valence-corrected chi connectivity index (χ2v) is 9.84. The van der Waals surface area contributed by atoms with Crippen molar-refractivity contribution in [3.63, 3.8) is 0 Å². The Balaban J connectivity index is 2.39. The summed E-state index contributed by atoms with van der Waals surface area (Å²) in [6.45, 7) is 10.1. The second kappa shape index (κ2) is 11.5. The van der Waals surface area contributed by atoms with Gasteiger partial charge in [0.05, 0.1) is 18.4 Å². The molecule has 0 radical (unpaired) electrons. The van der Waals surface area contributed by atoms with Crippen LogP contribution in [-0.2, 0) is 16.1 Å². The zero-order valence-electron chi connectivity index (χ0n) is 19.0. The van der Waals surface area contributed by atoms with Crippen LogP contribution in [0.1, 0.15) is 64.8 Å². The zero-order chi connectivity index (χ0) is 23.0. The van der Waals surface area contributed by atoms with Gasteiger partial charge in [-0.05, 0) is 45.1 Å². The molecule has 170 valence electrons. The molecule has 31 heavy (non-hydrogen) atoms. The molecule has 0 aliphatic heterocycles. The number of carbonyl (C=O) groups excluding carboxylic acids is 1. The Labute approximate surface area is 192 Å². The first-order chi connectivity index (χ1) is 14.6. The lowest BCUT2D eigenvalue weighted by Crippen LogP contribution is -2.32. The van der Waals surface area contributed by atoms with E-state index in [4.69, 9.17) is 9.15 Å². The third kappa shape index (κ3) is 8.13. The number of benzene rings is 1. The fraction of sp³-hybridized carbons (Fsp3) is 0.542. The van der Waals surface area contributed by atoms with Gasteiger partial charge < -0.3 is 9.15 Å². The topological polar surface area (TPSA) is 74.3 Å². The smallest absolute Gasteiger partial charge is 0.437 e. The highest BCUT2D eigenvalue weighted by Crippen LogP contribution is 2.34. The molecule has 2 atom stereocenters. The molecule has 1 aromatic carbocycles. The number of nitrogens with zero attached hydrogens (tertiary/aromatic N) is 2. The van der Waals surface area contributed by atoms with E-state index in [-0.39, 0.29) is 17.8 Å². The molecule has 0 aliphatic rings. The van der Waals surface area contributed by atoms with Crippen LogP contribution in [-0.4, -0.2) is 26.7 Å². The fourth-order valence-electron chi connectivity index (χ4n) is 3.36. The van der Waals surface area contributed by atoms with E-state index >= 15 is 0 Å². The summed E-state index contributed by atoms with van der Waals surface area (Å²) in [5.41, 5.74) is 0.441. The Kier molecular flexibility index (Phi) is 9.29. The maximum Gasteiger partial charge on any atom is 0.437 e. The number of ether oxygens (including phenoxy) is 1. The van der Waals surface area contributed by atoms with E-state index in [1.54, 1.807) is 0 Å². The number of aryl methyl sites for hydroxylation is 1. The van der Waals surface area contributed by atoms with Crippen molar-refractivity contribution in [3.8, 4) is 0 Å². The molecule has 1 unspecified atom stereocenters. The minimum atomic E-state index is -0.614. The van der Waals surface area contributed by atoms with E-state index in [2.05, 4.69) is 34.9 Å². The van der Waals surface area contributed by atoms with E-state index in [9.17, 15) is 9.59 Å². The molecule has 7 heteroatoms. The lowest BCUT2D eigenvalue weighted by molar-refractivity contribution is -0.161. The van der Waals surface area contributed by atoms with Crippen LogP contribution in [0, 0.1) is 11.8 Å². The number of hydrogen-bond acceptors (Lipinski definition) is 5. The SMILES string of the molecule is CC(C)C[C@H](c1nn(CCBr)c(=O)o1)C(C/C=C/c1ccccc1)C(=O)OC(C)(C)C. The molecule has 6 nitrogen and oxygen atoms in total. The highest BCUT2D eigenvalue weighted by atomic mass is 79.9. The van der Waals surface area contributed by atoms with Crippen LogP contribution in [0.3, 0.4) is 0 Å². The van der Waals surface area contributed by atoms with Crippen molar-refractivity contribution in [3.05, 3.63) is 58.4 Å². The van der Waals surface area contributed by atoms with Gasteiger partial charge in [-0.15, -0.1) is 5.10 Å². The van der Waals surface area contributed by atoms with Gasteiger partial charge >= 0.3 is 11.7 Å². The number of carbonyl (C=O) groups is 1. The van der Waals surface area contributed by atoms with Crippen LogP contribution in [0.2, 0.25) is 0 Å². The predicted molar refractivity (Wildman–Crippen MR) is 126 cm³/mol. The van der Waals surface area contributed by atoms with Crippen LogP contribution in [0.15, 0.2) is 45.6 Å². The number of esters is 1. The highest BCUT2D eigenvalue weighted by Gasteiger charge is 2.36. The highest BCUT2D eigenvalue weighted by molar-refractivity contribution is 9.09. The lowest BCUT2D eigenvalue weighted by Gasteiger charge is -2.28. The normalized spacial score (nSPS) is 14.2. The van der Waals surface area contributed by atoms with Gasteiger partial charge in [0.2, 0.25) is 5.89 Å². The van der Waals surface area contributed by atoms with Gasteiger partial charge in [-0.25, -0.2) is 4.79 Å². The molecule has 0 fully saturated rings. The van der Waals surface area contributed by atoms with Crippen molar-refractivity contribution in [1.82, 2.24) is 9.78 Å². The number of allylic oxidation sites excluding steroid dienone is 1. The molecule has 0 N–H and O–H groups in total. The molecule has 0 bridgehead atoms. The summed E-state index contributed by atoms with van der Waals surface area (Å²) in [5, 5.41) is 4.98. The van der Waals surface area contributed by atoms with Crippen molar-refractivity contribution < 1.29 is 13.9 Å². The third-order valence-electron chi connectivity index (χ3n) is 4.66. The summed E-state index contributed by atoms with van der Waals surface area (Å²) in [6, 6.07) is 9.91. The standard InChI is InChI=1S/C24H33BrN2O4/c1-17(2)16-20(21-26-27(15-14-25)23(29)30-21)19(22(28)31-24(3,4)5)13-9-12-18-10-7-6-8-11-18/h6-12,17,19-20H,13-16H2,1-5H3/b12-9+/t19?,20-/m0/s1. The molecule has 0 saturated carbocycles. The van der Waals surface area contributed by atoms with Crippen molar-refractivity contribution >= 4 is 28.0 Å². The average Bonchev–Trinajstić information content (AvgIpc) is 3.03. The Morgan fingerprint density at radius 3 is 2.52 bits per heavy atom. The van der Waals surface area contributed by atoms with E-state index < -0.39 is 17.3 Å². The largest absolute Gasteiger partial charge is 0.460 e. The Hall–Kier alpha value is -2.15. The van der Waals surface area contributed by atoms with Crippen LogP contribution >= 0.6 is 15.9 Å². The molecule has 0 spiro atoms. The molecular formula is C24H33BrN2O4. The number of rotatable bonds is 10. The molecule has 2 aromatic rings. The van der Waals surface area contributed by atoms with Gasteiger partial charge in [0, 0.05) is 5.33 Å². The fourth-order valence-corrected chi connectivity index (χ4v) is 3.69. The van der Waals surface area contributed by atoms with Crippen LogP contribution in [0.4, 0.5) is 0 Å². The van der Waals surface area contributed by atoms with E-state index in [1.165, 1.54) is 4.68 Å². The molecule has 1 aromatic heterocycles. The summed E-state index contributed by atoms with van der Waals surface area (Å²) in [6.07, 6.45) is 5.07. The van der Waals surface area contributed by atoms with Gasteiger partial charge in [0.1, 0.15) is 5.60 Å². The maximum atomic E-state index is 13.2. The van der Waals surface area contributed by atoms with Gasteiger partial charge in [-0.2, -0.15) is 4.68 Å². The number of hydrogen-bond donors (Lipinski definition) is 0.